The molecule has 1 atom stereocenters. The predicted octanol–water partition coefficient (Wildman–Crippen LogP) is 2.32. The molecule has 0 unspecified atom stereocenters. The van der Waals surface area contributed by atoms with Crippen molar-refractivity contribution in [1.82, 2.24) is 15.6 Å². The molecule has 0 aromatic carbocycles. The minimum absolute atomic E-state index is 0.0163. The van der Waals surface area contributed by atoms with Crippen LogP contribution in [0.15, 0.2) is 11.6 Å². The molecule has 5 nitrogen and oxygen atoms in total. The number of hydrogen-bond acceptors (Lipinski definition) is 4. The van der Waals surface area contributed by atoms with Gasteiger partial charge in [-0.05, 0) is 25.7 Å². The smallest absolute Gasteiger partial charge is 0.315 e. The zero-order valence-electron chi connectivity index (χ0n) is 12.6. The summed E-state index contributed by atoms with van der Waals surface area (Å²) in [4.78, 5) is 16.2. The Kier molecular flexibility index (Phi) is 5.99. The summed E-state index contributed by atoms with van der Waals surface area (Å²) >= 11 is 1.59. The van der Waals surface area contributed by atoms with Crippen LogP contribution in [0.3, 0.4) is 0 Å². The second-order valence-electron chi connectivity index (χ2n) is 5.97. The fourth-order valence-corrected chi connectivity index (χ4v) is 3.59. The van der Waals surface area contributed by atoms with Crippen molar-refractivity contribution < 1.29 is 9.90 Å². The van der Waals surface area contributed by atoms with Crippen LogP contribution in [0.1, 0.15) is 44.0 Å². The Morgan fingerprint density at radius 1 is 1.48 bits per heavy atom. The van der Waals surface area contributed by atoms with E-state index in [4.69, 9.17) is 0 Å². The number of carbonyl (C=O) groups excluding carboxylic acids is 1. The molecule has 1 aromatic rings. The summed E-state index contributed by atoms with van der Waals surface area (Å²) in [5.41, 5.74) is -0.522. The lowest BCUT2D eigenvalue weighted by atomic mass is 9.76. The molecule has 0 bridgehead atoms. The summed E-state index contributed by atoms with van der Waals surface area (Å²) < 4.78 is 0. The van der Waals surface area contributed by atoms with Gasteiger partial charge in [-0.3, -0.25) is 0 Å². The zero-order chi connectivity index (χ0) is 15.1. The third kappa shape index (κ3) is 4.68. The van der Waals surface area contributed by atoms with Gasteiger partial charge in [0.15, 0.2) is 0 Å². The van der Waals surface area contributed by atoms with Crippen LogP contribution in [0, 0.1) is 5.92 Å². The van der Waals surface area contributed by atoms with Gasteiger partial charge in [0.05, 0.1) is 17.2 Å². The van der Waals surface area contributed by atoms with Crippen LogP contribution in [0.25, 0.3) is 0 Å². The van der Waals surface area contributed by atoms with E-state index in [1.165, 1.54) is 19.3 Å². The highest BCUT2D eigenvalue weighted by Gasteiger charge is 2.35. The van der Waals surface area contributed by atoms with E-state index >= 15 is 0 Å². The van der Waals surface area contributed by atoms with Crippen molar-refractivity contribution >= 4 is 17.4 Å². The Hall–Kier alpha value is -1.14. The fraction of sp³-hybridized carbons (Fsp3) is 0.733. The molecule has 0 spiro atoms. The quantitative estimate of drug-likeness (QED) is 0.755. The lowest BCUT2D eigenvalue weighted by Gasteiger charge is -2.39. The summed E-state index contributed by atoms with van der Waals surface area (Å²) in [6.07, 6.45) is 8.31. The van der Waals surface area contributed by atoms with Gasteiger partial charge < -0.3 is 15.7 Å². The van der Waals surface area contributed by atoms with Crippen molar-refractivity contribution in [3.05, 3.63) is 16.6 Å². The highest BCUT2D eigenvalue weighted by Crippen LogP contribution is 2.32. The first-order chi connectivity index (χ1) is 10.1. The van der Waals surface area contributed by atoms with Crippen molar-refractivity contribution in [3.63, 3.8) is 0 Å². The molecule has 0 aliphatic heterocycles. The van der Waals surface area contributed by atoms with E-state index in [0.717, 1.165) is 24.3 Å². The predicted molar refractivity (Wildman–Crippen MR) is 84.4 cm³/mol. The highest BCUT2D eigenvalue weighted by molar-refractivity contribution is 7.09. The van der Waals surface area contributed by atoms with Crippen LogP contribution < -0.4 is 10.6 Å². The molecule has 1 fully saturated rings. The number of aromatic nitrogens is 1. The molecule has 6 heteroatoms. The van der Waals surface area contributed by atoms with Gasteiger partial charge in [-0.25, -0.2) is 9.78 Å². The third-order valence-corrected chi connectivity index (χ3v) is 5.18. The second-order valence-corrected chi connectivity index (χ2v) is 6.95. The first-order valence-corrected chi connectivity index (χ1v) is 8.57. The first-order valence-electron chi connectivity index (χ1n) is 7.69. The molecule has 3 N–H and O–H groups in total. The average molecular weight is 311 g/mol. The molecule has 0 radical (unpaired) electrons. The average Bonchev–Trinajstić information content (AvgIpc) is 3.01. The van der Waals surface area contributed by atoms with Crippen LogP contribution >= 0.6 is 11.3 Å². The van der Waals surface area contributed by atoms with Crippen LogP contribution in [-0.4, -0.2) is 34.8 Å². The van der Waals surface area contributed by atoms with E-state index in [9.17, 15) is 9.90 Å². The van der Waals surface area contributed by atoms with Crippen LogP contribution in [0.2, 0.25) is 0 Å². The normalized spacial score (nSPS) is 19.0. The van der Waals surface area contributed by atoms with Crippen molar-refractivity contribution in [2.24, 2.45) is 5.92 Å². The SMILES string of the molecule is C[C@](CO)(NC(=O)NCCc1nccs1)C1CCCCC1. The standard InChI is InChI=1S/C15H25N3O2S/c1-15(11-19,12-5-3-2-4-6-12)18-14(20)17-8-7-13-16-9-10-21-13/h9-10,12,19H,2-8,11H2,1H3,(H2,17,18,20)/t15-/m1/s1. The van der Waals surface area contributed by atoms with Crippen molar-refractivity contribution in [3.8, 4) is 0 Å². The Balaban J connectivity index is 1.78. The van der Waals surface area contributed by atoms with Crippen molar-refractivity contribution in [2.45, 2.75) is 51.0 Å². The number of thiazole rings is 1. The molecule has 1 aliphatic carbocycles. The molecule has 1 aromatic heterocycles. The second kappa shape index (κ2) is 7.75. The lowest BCUT2D eigenvalue weighted by molar-refractivity contribution is 0.101. The van der Waals surface area contributed by atoms with E-state index in [0.29, 0.717) is 12.5 Å². The van der Waals surface area contributed by atoms with Crippen LogP contribution in [-0.2, 0) is 6.42 Å². The molecule has 1 heterocycles. The number of nitrogens with one attached hydrogen (secondary N) is 2. The number of nitrogens with zero attached hydrogens (tertiary/aromatic N) is 1. The number of hydrogen-bond donors (Lipinski definition) is 3. The molecular weight excluding hydrogens is 286 g/mol. The Morgan fingerprint density at radius 3 is 2.86 bits per heavy atom. The zero-order valence-corrected chi connectivity index (χ0v) is 13.4. The van der Waals surface area contributed by atoms with E-state index in [1.807, 2.05) is 12.3 Å². The fourth-order valence-electron chi connectivity index (χ4n) is 2.97. The van der Waals surface area contributed by atoms with Gasteiger partial charge in [-0.2, -0.15) is 0 Å². The van der Waals surface area contributed by atoms with Crippen LogP contribution in [0.5, 0.6) is 0 Å². The minimum atomic E-state index is -0.522. The van der Waals surface area contributed by atoms with Gasteiger partial charge in [-0.1, -0.05) is 19.3 Å². The lowest BCUT2D eigenvalue weighted by Crippen LogP contribution is -2.57. The van der Waals surface area contributed by atoms with E-state index < -0.39 is 5.54 Å². The Bertz CT molecular complexity index is 432. The molecule has 21 heavy (non-hydrogen) atoms. The monoisotopic (exact) mass is 311 g/mol. The molecule has 2 amide bonds. The van der Waals surface area contributed by atoms with Gasteiger partial charge in [0.25, 0.3) is 0 Å². The van der Waals surface area contributed by atoms with E-state index in [1.54, 1.807) is 17.5 Å². The van der Waals surface area contributed by atoms with Gasteiger partial charge >= 0.3 is 6.03 Å². The minimum Gasteiger partial charge on any atom is -0.394 e. The van der Waals surface area contributed by atoms with Gasteiger partial charge in [0.2, 0.25) is 0 Å². The van der Waals surface area contributed by atoms with Gasteiger partial charge in [0.1, 0.15) is 0 Å². The Labute approximate surface area is 130 Å². The first kappa shape index (κ1) is 16.2. The molecular formula is C15H25N3O2S. The largest absolute Gasteiger partial charge is 0.394 e. The Morgan fingerprint density at radius 2 is 2.24 bits per heavy atom. The summed E-state index contributed by atoms with van der Waals surface area (Å²) in [6, 6.07) is -0.200. The molecule has 1 aliphatic rings. The topological polar surface area (TPSA) is 74.2 Å². The molecule has 2 rings (SSSR count). The maximum Gasteiger partial charge on any atom is 0.315 e. The van der Waals surface area contributed by atoms with Crippen molar-refractivity contribution in [1.29, 1.82) is 0 Å². The van der Waals surface area contributed by atoms with E-state index in [2.05, 4.69) is 15.6 Å². The maximum atomic E-state index is 12.0. The number of aliphatic hydroxyl groups excluding tert-OH is 1. The number of carbonyl (C=O) groups is 1. The molecule has 0 saturated heterocycles. The number of aliphatic hydroxyl groups is 1. The van der Waals surface area contributed by atoms with Crippen LogP contribution in [0.4, 0.5) is 4.79 Å². The number of rotatable bonds is 6. The maximum absolute atomic E-state index is 12.0. The number of urea groups is 1. The molecule has 1 saturated carbocycles. The summed E-state index contributed by atoms with van der Waals surface area (Å²) in [6.45, 7) is 2.49. The summed E-state index contributed by atoms with van der Waals surface area (Å²) in [5, 5.41) is 18.5. The third-order valence-electron chi connectivity index (χ3n) is 4.34. The van der Waals surface area contributed by atoms with E-state index in [-0.39, 0.29) is 12.6 Å². The summed E-state index contributed by atoms with van der Waals surface area (Å²) in [5.74, 6) is 0.362. The number of amides is 2. The van der Waals surface area contributed by atoms with Gasteiger partial charge in [0, 0.05) is 24.5 Å². The van der Waals surface area contributed by atoms with Gasteiger partial charge in [-0.15, -0.1) is 11.3 Å². The molecule has 118 valence electrons. The van der Waals surface area contributed by atoms with Crippen molar-refractivity contribution in [2.75, 3.05) is 13.2 Å². The highest BCUT2D eigenvalue weighted by atomic mass is 32.1. The summed E-state index contributed by atoms with van der Waals surface area (Å²) in [7, 11) is 0.